The Hall–Kier alpha value is -2.04. The zero-order chi connectivity index (χ0) is 15.7. The molecule has 0 saturated carbocycles. The predicted molar refractivity (Wildman–Crippen MR) is 84.2 cm³/mol. The van der Waals surface area contributed by atoms with Gasteiger partial charge in [0.25, 0.3) is 0 Å². The van der Waals surface area contributed by atoms with Crippen LogP contribution in [0.3, 0.4) is 0 Å². The van der Waals surface area contributed by atoms with Crippen molar-refractivity contribution in [3.05, 3.63) is 35.9 Å². The molecule has 2 unspecified atom stereocenters. The number of rotatable bonds is 8. The third kappa shape index (κ3) is 5.85. The van der Waals surface area contributed by atoms with Gasteiger partial charge in [0, 0.05) is 6.04 Å². The first-order valence-electron chi connectivity index (χ1n) is 7.40. The van der Waals surface area contributed by atoms with Gasteiger partial charge in [-0.2, -0.15) is 0 Å². The molecule has 0 saturated heterocycles. The number of nitrogens with two attached hydrogens (primary N) is 1. The summed E-state index contributed by atoms with van der Waals surface area (Å²) in [7, 11) is 0. The topological polar surface area (TPSA) is 87.7 Å². The minimum absolute atomic E-state index is 0.0235. The lowest BCUT2D eigenvalue weighted by molar-refractivity contribution is -0.123. The number of aryl methyl sites for hydroxylation is 1. The first-order valence-corrected chi connectivity index (χ1v) is 7.40. The van der Waals surface area contributed by atoms with E-state index in [1.165, 1.54) is 5.56 Å². The van der Waals surface area contributed by atoms with Crippen LogP contribution < -0.4 is 11.1 Å². The van der Waals surface area contributed by atoms with Crippen LogP contribution in [0.4, 0.5) is 0 Å². The molecule has 1 rings (SSSR count). The van der Waals surface area contributed by atoms with E-state index in [9.17, 15) is 4.79 Å². The third-order valence-electron chi connectivity index (χ3n) is 3.46. The summed E-state index contributed by atoms with van der Waals surface area (Å²) < 4.78 is 0. The second-order valence-corrected chi connectivity index (χ2v) is 5.30. The van der Waals surface area contributed by atoms with Crippen molar-refractivity contribution >= 4 is 11.7 Å². The Bertz CT molecular complexity index is 460. The second kappa shape index (κ2) is 9.00. The molecule has 0 heterocycles. The lowest BCUT2D eigenvalue weighted by Crippen LogP contribution is -2.42. The molecule has 5 nitrogen and oxygen atoms in total. The normalized spacial score (nSPS) is 14.5. The van der Waals surface area contributed by atoms with E-state index in [2.05, 4.69) is 22.6 Å². The average molecular weight is 291 g/mol. The number of amides is 1. The summed E-state index contributed by atoms with van der Waals surface area (Å²) in [4.78, 5) is 12.2. The monoisotopic (exact) mass is 291 g/mol. The Morgan fingerprint density at radius 3 is 2.57 bits per heavy atom. The van der Waals surface area contributed by atoms with Crippen molar-refractivity contribution in [2.24, 2.45) is 16.8 Å². The van der Waals surface area contributed by atoms with E-state index in [0.717, 1.165) is 19.3 Å². The van der Waals surface area contributed by atoms with Crippen molar-refractivity contribution in [3.8, 4) is 0 Å². The highest BCUT2D eigenvalue weighted by Crippen LogP contribution is 2.09. The Kier molecular flexibility index (Phi) is 7.29. The van der Waals surface area contributed by atoms with Crippen LogP contribution in [0, 0.1) is 5.92 Å². The smallest absolute Gasteiger partial charge is 0.231 e. The summed E-state index contributed by atoms with van der Waals surface area (Å²) in [6.45, 7) is 3.93. The zero-order valence-electron chi connectivity index (χ0n) is 12.7. The number of nitrogens with zero attached hydrogens (tertiary/aromatic N) is 1. The molecule has 0 aliphatic rings. The fourth-order valence-corrected chi connectivity index (χ4v) is 2.22. The Labute approximate surface area is 126 Å². The molecule has 1 aromatic rings. The van der Waals surface area contributed by atoms with Gasteiger partial charge in [-0.3, -0.25) is 4.79 Å². The number of amidine groups is 1. The number of oxime groups is 1. The molecule has 0 radical (unpaired) electrons. The lowest BCUT2D eigenvalue weighted by atomic mass is 10.00. The van der Waals surface area contributed by atoms with Crippen molar-refractivity contribution in [1.82, 2.24) is 5.32 Å². The fourth-order valence-electron chi connectivity index (χ4n) is 2.22. The molecule has 1 aromatic carbocycles. The van der Waals surface area contributed by atoms with Gasteiger partial charge in [-0.05, 0) is 31.7 Å². The molecule has 1 amide bonds. The van der Waals surface area contributed by atoms with E-state index >= 15 is 0 Å². The average Bonchev–Trinajstić information content (AvgIpc) is 2.50. The molecule has 0 aromatic heterocycles. The molecule has 0 bridgehead atoms. The number of hydrogen-bond acceptors (Lipinski definition) is 3. The first-order chi connectivity index (χ1) is 10.1. The minimum Gasteiger partial charge on any atom is -0.409 e. The highest BCUT2D eigenvalue weighted by Gasteiger charge is 2.23. The van der Waals surface area contributed by atoms with Crippen molar-refractivity contribution in [3.63, 3.8) is 0 Å². The van der Waals surface area contributed by atoms with Gasteiger partial charge in [0.15, 0.2) is 5.84 Å². The molecule has 4 N–H and O–H groups in total. The minimum atomic E-state index is -0.556. The molecule has 2 atom stereocenters. The maximum Gasteiger partial charge on any atom is 0.231 e. The molecule has 0 spiro atoms. The number of nitrogens with one attached hydrogen (secondary N) is 1. The van der Waals surface area contributed by atoms with Crippen LogP contribution >= 0.6 is 0 Å². The number of benzene rings is 1. The van der Waals surface area contributed by atoms with Crippen molar-refractivity contribution in [2.75, 3.05) is 0 Å². The first kappa shape index (κ1) is 17.0. The van der Waals surface area contributed by atoms with Crippen LogP contribution in [0.1, 0.15) is 38.7 Å². The summed E-state index contributed by atoms with van der Waals surface area (Å²) in [6.07, 6.45) is 3.13. The van der Waals surface area contributed by atoms with Gasteiger partial charge in [-0.25, -0.2) is 0 Å². The standard InChI is InChI=1S/C16H25N3O2/c1-3-7-14(15(17)19-21)16(20)18-12(2)10-11-13-8-5-4-6-9-13/h4-6,8-9,12,14,21H,3,7,10-11H2,1-2H3,(H2,17,19)(H,18,20). The van der Waals surface area contributed by atoms with Gasteiger partial charge in [0.2, 0.25) is 5.91 Å². The van der Waals surface area contributed by atoms with E-state index in [1.807, 2.05) is 32.0 Å². The fraction of sp³-hybridized carbons (Fsp3) is 0.500. The third-order valence-corrected chi connectivity index (χ3v) is 3.46. The van der Waals surface area contributed by atoms with Gasteiger partial charge >= 0.3 is 0 Å². The number of carbonyl (C=O) groups is 1. The summed E-state index contributed by atoms with van der Waals surface area (Å²) in [6, 6.07) is 10.2. The van der Waals surface area contributed by atoms with Crippen LogP contribution in [0.25, 0.3) is 0 Å². The highest BCUT2D eigenvalue weighted by molar-refractivity contribution is 6.02. The molecule has 0 aliphatic heterocycles. The molecule has 0 fully saturated rings. The highest BCUT2D eigenvalue weighted by atomic mass is 16.4. The molecule has 5 heteroatoms. The molecule has 21 heavy (non-hydrogen) atoms. The Balaban J connectivity index is 2.48. The van der Waals surface area contributed by atoms with E-state index in [1.54, 1.807) is 0 Å². The Morgan fingerprint density at radius 1 is 1.33 bits per heavy atom. The summed E-state index contributed by atoms with van der Waals surface area (Å²) in [5, 5.41) is 14.7. The number of carbonyl (C=O) groups excluding carboxylic acids is 1. The zero-order valence-corrected chi connectivity index (χ0v) is 12.7. The summed E-state index contributed by atoms with van der Waals surface area (Å²) in [5.41, 5.74) is 6.83. The van der Waals surface area contributed by atoms with Crippen molar-refractivity contribution < 1.29 is 10.0 Å². The molecule has 0 aliphatic carbocycles. The quantitative estimate of drug-likeness (QED) is 0.297. The van der Waals surface area contributed by atoms with E-state index in [-0.39, 0.29) is 17.8 Å². The van der Waals surface area contributed by atoms with Crippen molar-refractivity contribution in [2.45, 2.75) is 45.6 Å². The summed E-state index contributed by atoms with van der Waals surface area (Å²) >= 11 is 0. The summed E-state index contributed by atoms with van der Waals surface area (Å²) in [5.74, 6) is -0.753. The number of hydrogen-bond donors (Lipinski definition) is 3. The van der Waals surface area contributed by atoms with E-state index < -0.39 is 5.92 Å². The molecule has 116 valence electrons. The van der Waals surface area contributed by atoms with E-state index in [4.69, 9.17) is 10.9 Å². The second-order valence-electron chi connectivity index (χ2n) is 5.30. The molecular weight excluding hydrogens is 266 g/mol. The van der Waals surface area contributed by atoms with Crippen LogP contribution in [-0.2, 0) is 11.2 Å². The van der Waals surface area contributed by atoms with Gasteiger partial charge in [-0.1, -0.05) is 48.8 Å². The van der Waals surface area contributed by atoms with Gasteiger partial charge in [0.1, 0.15) is 0 Å². The van der Waals surface area contributed by atoms with Crippen molar-refractivity contribution in [1.29, 1.82) is 0 Å². The maximum atomic E-state index is 12.2. The molecular formula is C16H25N3O2. The van der Waals surface area contributed by atoms with Crippen LogP contribution in [-0.4, -0.2) is 23.0 Å². The van der Waals surface area contributed by atoms with E-state index in [0.29, 0.717) is 6.42 Å². The van der Waals surface area contributed by atoms with Crippen LogP contribution in [0.2, 0.25) is 0 Å². The lowest BCUT2D eigenvalue weighted by Gasteiger charge is -2.19. The van der Waals surface area contributed by atoms with Crippen LogP contribution in [0.15, 0.2) is 35.5 Å². The Morgan fingerprint density at radius 2 is 2.00 bits per heavy atom. The van der Waals surface area contributed by atoms with Crippen LogP contribution in [0.5, 0.6) is 0 Å². The predicted octanol–water partition coefficient (Wildman–Crippen LogP) is 2.29. The van der Waals surface area contributed by atoms with Gasteiger partial charge < -0.3 is 16.3 Å². The SMILES string of the molecule is CCCC(C(=O)NC(C)CCc1ccccc1)C(N)=NO. The maximum absolute atomic E-state index is 12.2. The van der Waals surface area contributed by atoms with Gasteiger partial charge in [0.05, 0.1) is 5.92 Å². The largest absolute Gasteiger partial charge is 0.409 e. The van der Waals surface area contributed by atoms with Gasteiger partial charge in [-0.15, -0.1) is 0 Å².